The van der Waals surface area contributed by atoms with E-state index < -0.39 is 21.8 Å². The van der Waals surface area contributed by atoms with Crippen molar-refractivity contribution in [2.75, 3.05) is 6.61 Å². The number of hydrogen-bond acceptors (Lipinski definition) is 5. The van der Waals surface area contributed by atoms with E-state index >= 15 is 0 Å². The molecule has 0 aromatic heterocycles. The van der Waals surface area contributed by atoms with Gasteiger partial charge in [0, 0.05) is 16.6 Å². The van der Waals surface area contributed by atoms with Gasteiger partial charge in [0.2, 0.25) is 10.0 Å². The number of carbonyl (C=O) groups is 2. The molecular weight excluding hydrogens is 430 g/mol. The molecule has 2 aromatic carbocycles. The van der Waals surface area contributed by atoms with Crippen LogP contribution >= 0.6 is 11.6 Å². The van der Waals surface area contributed by atoms with Crippen molar-refractivity contribution in [1.82, 2.24) is 15.6 Å². The fraction of sp³-hybridized carbons (Fsp3) is 0.300. The van der Waals surface area contributed by atoms with E-state index in [1.165, 1.54) is 18.2 Å². The third-order valence-electron chi connectivity index (χ3n) is 3.97. The summed E-state index contributed by atoms with van der Waals surface area (Å²) < 4.78 is 32.5. The zero-order valence-electron chi connectivity index (χ0n) is 17.1. The van der Waals surface area contributed by atoms with Gasteiger partial charge in [-0.2, -0.15) is 0 Å². The van der Waals surface area contributed by atoms with Crippen LogP contribution in [0.15, 0.2) is 41.3 Å². The summed E-state index contributed by atoms with van der Waals surface area (Å²) in [6.45, 7) is 6.54. The Labute approximate surface area is 181 Å². The van der Waals surface area contributed by atoms with Gasteiger partial charge in [-0.1, -0.05) is 17.7 Å². The number of aryl methyl sites for hydroxylation is 2. The number of nitrogens with one attached hydrogen (secondary N) is 3. The Morgan fingerprint density at radius 2 is 1.73 bits per heavy atom. The highest BCUT2D eigenvalue weighted by Crippen LogP contribution is 2.21. The molecule has 10 heteroatoms. The van der Waals surface area contributed by atoms with Crippen molar-refractivity contribution in [3.63, 3.8) is 0 Å². The zero-order chi connectivity index (χ0) is 22.5. The van der Waals surface area contributed by atoms with Gasteiger partial charge in [0.05, 0.1) is 4.90 Å². The van der Waals surface area contributed by atoms with Gasteiger partial charge in [-0.25, -0.2) is 13.1 Å². The second-order valence-corrected chi connectivity index (χ2v) is 9.08. The molecule has 0 spiro atoms. The molecule has 0 radical (unpaired) electrons. The Bertz CT molecular complexity index is 1050. The van der Waals surface area contributed by atoms with Crippen molar-refractivity contribution in [3.05, 3.63) is 58.1 Å². The fourth-order valence-corrected chi connectivity index (χ4v) is 3.87. The van der Waals surface area contributed by atoms with Crippen molar-refractivity contribution in [2.45, 2.75) is 38.6 Å². The number of amides is 2. The number of rotatable bonds is 7. The highest BCUT2D eigenvalue weighted by Gasteiger charge is 2.19. The van der Waals surface area contributed by atoms with Gasteiger partial charge in [0.25, 0.3) is 11.8 Å². The van der Waals surface area contributed by atoms with Crippen molar-refractivity contribution < 1.29 is 22.7 Å². The van der Waals surface area contributed by atoms with Crippen molar-refractivity contribution in [3.8, 4) is 5.75 Å². The highest BCUT2D eigenvalue weighted by atomic mass is 35.5. The maximum absolute atomic E-state index is 12.4. The second-order valence-electron chi connectivity index (χ2n) is 6.95. The fourth-order valence-electron chi connectivity index (χ4n) is 2.48. The Morgan fingerprint density at radius 1 is 1.03 bits per heavy atom. The lowest BCUT2D eigenvalue weighted by atomic mass is 10.1. The van der Waals surface area contributed by atoms with E-state index in [1.54, 1.807) is 39.0 Å². The topological polar surface area (TPSA) is 114 Å². The van der Waals surface area contributed by atoms with Crippen molar-refractivity contribution in [2.24, 2.45) is 0 Å². The molecule has 0 aliphatic rings. The van der Waals surface area contributed by atoms with Crippen LogP contribution in [0, 0.1) is 13.8 Å². The van der Waals surface area contributed by atoms with Crippen LogP contribution in [0.3, 0.4) is 0 Å². The molecule has 0 aliphatic heterocycles. The van der Waals surface area contributed by atoms with Gasteiger partial charge in [-0.15, -0.1) is 0 Å². The standard InChI is InChI=1S/C20H24ClN3O5S/c1-12(2)24-30(27,28)16-7-5-13(3)17(10-16)20(26)23-22-19(25)11-29-15-6-8-18(21)14(4)9-15/h5-10,12,24H,11H2,1-4H3,(H,22,25)(H,23,26). The largest absolute Gasteiger partial charge is 0.484 e. The van der Waals surface area contributed by atoms with Gasteiger partial charge in [-0.3, -0.25) is 20.4 Å². The molecule has 0 heterocycles. The molecule has 0 bridgehead atoms. The first-order valence-corrected chi connectivity index (χ1v) is 11.0. The number of halogens is 1. The van der Waals surface area contributed by atoms with E-state index in [2.05, 4.69) is 15.6 Å². The summed E-state index contributed by atoms with van der Waals surface area (Å²) in [6.07, 6.45) is 0. The SMILES string of the molecule is Cc1cc(OCC(=O)NNC(=O)c2cc(S(=O)(=O)NC(C)C)ccc2C)ccc1Cl. The summed E-state index contributed by atoms with van der Waals surface area (Å²) in [5, 5.41) is 0.585. The third kappa shape index (κ3) is 6.45. The summed E-state index contributed by atoms with van der Waals surface area (Å²) in [5.74, 6) is -0.770. The summed E-state index contributed by atoms with van der Waals surface area (Å²) in [7, 11) is -3.76. The molecule has 8 nitrogen and oxygen atoms in total. The molecule has 30 heavy (non-hydrogen) atoms. The van der Waals surface area contributed by atoms with Gasteiger partial charge >= 0.3 is 0 Å². The van der Waals surface area contributed by atoms with E-state index in [1.807, 2.05) is 6.92 Å². The van der Waals surface area contributed by atoms with Crippen LogP contribution in [0.2, 0.25) is 5.02 Å². The quantitative estimate of drug-likeness (QED) is 0.557. The van der Waals surface area contributed by atoms with E-state index in [4.69, 9.17) is 16.3 Å². The van der Waals surface area contributed by atoms with E-state index in [0.29, 0.717) is 16.3 Å². The maximum Gasteiger partial charge on any atom is 0.276 e. The molecule has 0 fully saturated rings. The van der Waals surface area contributed by atoms with Crippen LogP contribution in [-0.2, 0) is 14.8 Å². The zero-order valence-corrected chi connectivity index (χ0v) is 18.6. The van der Waals surface area contributed by atoms with E-state index in [9.17, 15) is 18.0 Å². The van der Waals surface area contributed by atoms with E-state index in [-0.39, 0.29) is 23.1 Å². The number of ether oxygens (including phenoxy) is 1. The van der Waals surface area contributed by atoms with Gasteiger partial charge < -0.3 is 4.74 Å². The Kier molecular flexibility index (Phi) is 7.83. The molecule has 0 saturated heterocycles. The average molecular weight is 454 g/mol. The van der Waals surface area contributed by atoms with Crippen LogP contribution < -0.4 is 20.3 Å². The number of sulfonamides is 1. The molecule has 0 aliphatic carbocycles. The second kappa shape index (κ2) is 9.92. The van der Waals surface area contributed by atoms with Crippen LogP contribution in [-0.4, -0.2) is 32.9 Å². The van der Waals surface area contributed by atoms with Crippen LogP contribution in [0.1, 0.15) is 35.3 Å². The number of benzene rings is 2. The summed E-state index contributed by atoms with van der Waals surface area (Å²) >= 11 is 5.94. The number of hydrogen-bond donors (Lipinski definition) is 3. The van der Waals surface area contributed by atoms with E-state index in [0.717, 1.165) is 5.56 Å². The summed E-state index contributed by atoms with van der Waals surface area (Å²) in [4.78, 5) is 24.3. The molecule has 0 unspecified atom stereocenters. The lowest BCUT2D eigenvalue weighted by molar-refractivity contribution is -0.123. The molecular formula is C20H24ClN3O5S. The first-order valence-electron chi connectivity index (χ1n) is 9.10. The molecule has 2 amide bonds. The molecule has 3 N–H and O–H groups in total. The molecule has 2 aromatic rings. The van der Waals surface area contributed by atoms with Crippen LogP contribution in [0.4, 0.5) is 0 Å². The highest BCUT2D eigenvalue weighted by molar-refractivity contribution is 7.89. The monoisotopic (exact) mass is 453 g/mol. The van der Waals surface area contributed by atoms with Gasteiger partial charge in [-0.05, 0) is 69.2 Å². The van der Waals surface area contributed by atoms with Crippen molar-refractivity contribution in [1.29, 1.82) is 0 Å². The molecule has 0 atom stereocenters. The lowest BCUT2D eigenvalue weighted by Gasteiger charge is -2.13. The number of carbonyl (C=O) groups excluding carboxylic acids is 2. The Hall–Kier alpha value is -2.62. The molecule has 2 rings (SSSR count). The Balaban J connectivity index is 1.99. The predicted molar refractivity (Wildman–Crippen MR) is 114 cm³/mol. The lowest BCUT2D eigenvalue weighted by Crippen LogP contribution is -2.44. The van der Waals surface area contributed by atoms with Gasteiger partial charge in [0.1, 0.15) is 5.75 Å². The van der Waals surface area contributed by atoms with Crippen LogP contribution in [0.5, 0.6) is 5.75 Å². The first kappa shape index (κ1) is 23.7. The third-order valence-corrected chi connectivity index (χ3v) is 6.05. The molecule has 0 saturated carbocycles. The minimum absolute atomic E-state index is 0.0419. The van der Waals surface area contributed by atoms with Crippen molar-refractivity contribution >= 4 is 33.4 Å². The normalized spacial score (nSPS) is 11.3. The number of hydrazine groups is 1. The smallest absolute Gasteiger partial charge is 0.276 e. The maximum atomic E-state index is 12.4. The predicted octanol–water partition coefficient (Wildman–Crippen LogP) is 2.48. The minimum atomic E-state index is -3.76. The first-order chi connectivity index (χ1) is 14.0. The Morgan fingerprint density at radius 3 is 2.37 bits per heavy atom. The minimum Gasteiger partial charge on any atom is -0.484 e. The molecule has 162 valence electrons. The summed E-state index contributed by atoms with van der Waals surface area (Å²) in [6, 6.07) is 8.88. The van der Waals surface area contributed by atoms with Crippen LogP contribution in [0.25, 0.3) is 0 Å². The van der Waals surface area contributed by atoms with Gasteiger partial charge in [0.15, 0.2) is 6.61 Å². The summed E-state index contributed by atoms with van der Waals surface area (Å²) in [5.41, 5.74) is 5.98. The average Bonchev–Trinajstić information content (AvgIpc) is 2.66.